The van der Waals surface area contributed by atoms with Crippen molar-refractivity contribution in [1.29, 1.82) is 0 Å². The molecule has 0 unspecified atom stereocenters. The van der Waals surface area contributed by atoms with Crippen LogP contribution in [0.3, 0.4) is 0 Å². The summed E-state index contributed by atoms with van der Waals surface area (Å²) in [5.41, 5.74) is 2.72. The van der Waals surface area contributed by atoms with Crippen molar-refractivity contribution >= 4 is 23.1 Å². The SMILES string of the molecule is OCC1CCC(Nc2ccc3ncc(-c4cccc(Cl)c4)n3n2)CC1. The van der Waals surface area contributed by atoms with Crippen molar-refractivity contribution in [2.24, 2.45) is 5.92 Å². The molecule has 1 saturated carbocycles. The van der Waals surface area contributed by atoms with Crippen LogP contribution in [0.2, 0.25) is 5.02 Å². The average molecular weight is 357 g/mol. The van der Waals surface area contributed by atoms with Crippen LogP contribution in [-0.4, -0.2) is 32.4 Å². The number of aromatic nitrogens is 3. The molecule has 0 bridgehead atoms. The van der Waals surface area contributed by atoms with E-state index >= 15 is 0 Å². The molecule has 6 heteroatoms. The Hall–Kier alpha value is -2.11. The van der Waals surface area contributed by atoms with Crippen LogP contribution in [0.25, 0.3) is 16.9 Å². The van der Waals surface area contributed by atoms with Crippen molar-refractivity contribution in [1.82, 2.24) is 14.6 Å². The zero-order valence-corrected chi connectivity index (χ0v) is 14.7. The van der Waals surface area contributed by atoms with Gasteiger partial charge in [0.1, 0.15) is 5.82 Å². The molecule has 0 radical (unpaired) electrons. The summed E-state index contributed by atoms with van der Waals surface area (Å²) in [6.45, 7) is 0.301. The lowest BCUT2D eigenvalue weighted by molar-refractivity contribution is 0.185. The van der Waals surface area contributed by atoms with Crippen LogP contribution in [0.15, 0.2) is 42.6 Å². The van der Waals surface area contributed by atoms with Gasteiger partial charge in [0.2, 0.25) is 0 Å². The minimum absolute atomic E-state index is 0.301. The highest BCUT2D eigenvalue weighted by Crippen LogP contribution is 2.27. The summed E-state index contributed by atoms with van der Waals surface area (Å²) < 4.78 is 1.85. The van der Waals surface area contributed by atoms with E-state index in [0.717, 1.165) is 48.4 Å². The van der Waals surface area contributed by atoms with Gasteiger partial charge in [0.05, 0.1) is 11.9 Å². The highest BCUT2D eigenvalue weighted by molar-refractivity contribution is 6.30. The quantitative estimate of drug-likeness (QED) is 0.741. The maximum Gasteiger partial charge on any atom is 0.154 e. The molecule has 130 valence electrons. The fraction of sp³-hybridized carbons (Fsp3) is 0.368. The van der Waals surface area contributed by atoms with Gasteiger partial charge in [-0.2, -0.15) is 0 Å². The molecule has 1 aliphatic rings. The van der Waals surface area contributed by atoms with Crippen molar-refractivity contribution in [3.05, 3.63) is 47.6 Å². The molecule has 2 heterocycles. The summed E-state index contributed by atoms with van der Waals surface area (Å²) in [6.07, 6.45) is 6.08. The molecule has 1 fully saturated rings. The number of halogens is 1. The van der Waals surface area contributed by atoms with E-state index in [4.69, 9.17) is 16.7 Å². The molecular weight excluding hydrogens is 336 g/mol. The van der Waals surface area contributed by atoms with Crippen LogP contribution < -0.4 is 5.32 Å². The first kappa shape index (κ1) is 16.4. The zero-order valence-electron chi connectivity index (χ0n) is 13.9. The fourth-order valence-corrected chi connectivity index (χ4v) is 3.68. The number of nitrogens with zero attached hydrogens (tertiary/aromatic N) is 3. The third-order valence-corrected chi connectivity index (χ3v) is 5.17. The van der Waals surface area contributed by atoms with Crippen LogP contribution in [0.4, 0.5) is 5.82 Å². The van der Waals surface area contributed by atoms with E-state index in [1.165, 1.54) is 0 Å². The first-order valence-corrected chi connectivity index (χ1v) is 9.09. The summed E-state index contributed by atoms with van der Waals surface area (Å²) in [5.74, 6) is 1.30. The number of imidazole rings is 1. The standard InChI is InChI=1S/C19H21ClN4O/c20-15-3-1-2-14(10-15)17-11-21-19-9-8-18(23-24(17)19)22-16-6-4-13(12-25)5-7-16/h1-3,8-11,13,16,25H,4-7,12H2,(H,22,23). The van der Waals surface area contributed by atoms with Gasteiger partial charge in [0.15, 0.2) is 5.65 Å². The largest absolute Gasteiger partial charge is 0.396 e. The highest BCUT2D eigenvalue weighted by Gasteiger charge is 2.21. The van der Waals surface area contributed by atoms with Gasteiger partial charge in [-0.25, -0.2) is 9.50 Å². The third-order valence-electron chi connectivity index (χ3n) is 4.94. The highest BCUT2D eigenvalue weighted by atomic mass is 35.5. The molecule has 25 heavy (non-hydrogen) atoms. The first-order valence-electron chi connectivity index (χ1n) is 8.71. The normalized spacial score (nSPS) is 20.7. The van der Waals surface area contributed by atoms with Crippen molar-refractivity contribution in [2.75, 3.05) is 11.9 Å². The Morgan fingerprint density at radius 1 is 1.16 bits per heavy atom. The maximum absolute atomic E-state index is 9.27. The fourth-order valence-electron chi connectivity index (χ4n) is 3.49. The summed E-state index contributed by atoms with van der Waals surface area (Å²) >= 11 is 6.12. The minimum Gasteiger partial charge on any atom is -0.396 e. The Morgan fingerprint density at radius 2 is 2.00 bits per heavy atom. The summed E-state index contributed by atoms with van der Waals surface area (Å²) in [5, 5.41) is 18.2. The van der Waals surface area contributed by atoms with Gasteiger partial charge in [-0.1, -0.05) is 23.7 Å². The van der Waals surface area contributed by atoms with Crippen molar-refractivity contribution in [2.45, 2.75) is 31.7 Å². The molecule has 0 aliphatic heterocycles. The molecule has 1 aromatic carbocycles. The minimum atomic E-state index is 0.301. The van der Waals surface area contributed by atoms with Gasteiger partial charge in [-0.05, 0) is 55.9 Å². The summed E-state index contributed by atoms with van der Waals surface area (Å²) in [4.78, 5) is 4.44. The molecule has 2 aromatic heterocycles. The summed E-state index contributed by atoms with van der Waals surface area (Å²) in [6, 6.07) is 12.1. The number of benzene rings is 1. The van der Waals surface area contributed by atoms with E-state index in [0.29, 0.717) is 23.6 Å². The van der Waals surface area contributed by atoms with E-state index in [1.807, 2.05) is 47.1 Å². The summed E-state index contributed by atoms with van der Waals surface area (Å²) in [7, 11) is 0. The van der Waals surface area contributed by atoms with Gasteiger partial charge < -0.3 is 10.4 Å². The Morgan fingerprint density at radius 3 is 2.76 bits per heavy atom. The average Bonchev–Trinajstić information content (AvgIpc) is 3.06. The van der Waals surface area contributed by atoms with E-state index in [2.05, 4.69) is 10.3 Å². The lowest BCUT2D eigenvalue weighted by atomic mass is 9.86. The maximum atomic E-state index is 9.27. The van der Waals surface area contributed by atoms with Gasteiger partial charge in [-0.3, -0.25) is 0 Å². The van der Waals surface area contributed by atoms with Crippen LogP contribution in [0.1, 0.15) is 25.7 Å². The van der Waals surface area contributed by atoms with Crippen LogP contribution in [0, 0.1) is 5.92 Å². The zero-order chi connectivity index (χ0) is 17.2. The molecule has 4 rings (SSSR count). The van der Waals surface area contributed by atoms with Crippen LogP contribution in [0.5, 0.6) is 0 Å². The molecule has 3 aromatic rings. The van der Waals surface area contributed by atoms with Gasteiger partial charge >= 0.3 is 0 Å². The second-order valence-corrected chi connectivity index (χ2v) is 7.12. The second-order valence-electron chi connectivity index (χ2n) is 6.69. The monoisotopic (exact) mass is 356 g/mol. The van der Waals surface area contributed by atoms with Crippen molar-refractivity contribution in [3.8, 4) is 11.3 Å². The van der Waals surface area contributed by atoms with E-state index in [1.54, 1.807) is 0 Å². The van der Waals surface area contributed by atoms with Gasteiger partial charge in [-0.15, -0.1) is 5.10 Å². The van der Waals surface area contributed by atoms with Crippen LogP contribution in [-0.2, 0) is 0 Å². The molecule has 0 spiro atoms. The predicted molar refractivity (Wildman–Crippen MR) is 99.9 cm³/mol. The molecule has 2 N–H and O–H groups in total. The molecule has 0 amide bonds. The molecule has 0 saturated heterocycles. The number of aliphatic hydroxyl groups excluding tert-OH is 1. The Balaban J connectivity index is 1.58. The number of hydrogen-bond donors (Lipinski definition) is 2. The predicted octanol–water partition coefficient (Wildman–Crippen LogP) is 4.01. The van der Waals surface area contributed by atoms with E-state index in [9.17, 15) is 5.11 Å². The number of rotatable bonds is 4. The first-order chi connectivity index (χ1) is 12.2. The molecule has 0 atom stereocenters. The Labute approximate surface area is 151 Å². The van der Waals surface area contributed by atoms with E-state index in [-0.39, 0.29) is 0 Å². The Kier molecular flexibility index (Phi) is 4.59. The lowest BCUT2D eigenvalue weighted by Gasteiger charge is -2.28. The van der Waals surface area contributed by atoms with Gasteiger partial charge in [0, 0.05) is 23.2 Å². The van der Waals surface area contributed by atoms with E-state index < -0.39 is 0 Å². The van der Waals surface area contributed by atoms with Crippen molar-refractivity contribution in [3.63, 3.8) is 0 Å². The van der Waals surface area contributed by atoms with Gasteiger partial charge in [0.25, 0.3) is 0 Å². The molecular formula is C19H21ClN4O. The molecule has 1 aliphatic carbocycles. The third kappa shape index (κ3) is 3.48. The Bertz CT molecular complexity index is 871. The number of hydrogen-bond acceptors (Lipinski definition) is 4. The topological polar surface area (TPSA) is 62.5 Å². The van der Waals surface area contributed by atoms with Crippen molar-refractivity contribution < 1.29 is 5.11 Å². The number of anilines is 1. The number of nitrogens with one attached hydrogen (secondary N) is 1. The lowest BCUT2D eigenvalue weighted by Crippen LogP contribution is -2.27. The smallest absolute Gasteiger partial charge is 0.154 e. The number of fused-ring (bicyclic) bond motifs is 1. The second kappa shape index (κ2) is 7.02. The number of aliphatic hydroxyl groups is 1. The van der Waals surface area contributed by atoms with Crippen LogP contribution >= 0.6 is 11.6 Å². The molecule has 5 nitrogen and oxygen atoms in total.